The fourth-order valence-corrected chi connectivity index (χ4v) is 2.79. The smallest absolute Gasteiger partial charge is 0.268 e. The van der Waals surface area contributed by atoms with Crippen LogP contribution in [0, 0.1) is 11.6 Å². The summed E-state index contributed by atoms with van der Waals surface area (Å²) in [6, 6.07) is 7.05. The highest BCUT2D eigenvalue weighted by Crippen LogP contribution is 2.38. The molecule has 0 aliphatic heterocycles. The Morgan fingerprint density at radius 3 is 2.67 bits per heavy atom. The average Bonchev–Trinajstić information content (AvgIpc) is 2.84. The van der Waals surface area contributed by atoms with Gasteiger partial charge in [-0.15, -0.1) is 0 Å². The van der Waals surface area contributed by atoms with E-state index in [0.29, 0.717) is 11.3 Å². The molecule has 0 bridgehead atoms. The molecule has 1 aromatic carbocycles. The predicted octanol–water partition coefficient (Wildman–Crippen LogP) is 2.98. The maximum Gasteiger partial charge on any atom is 0.268 e. The summed E-state index contributed by atoms with van der Waals surface area (Å²) < 4.78 is 28.5. The van der Waals surface area contributed by atoms with Crippen LogP contribution in [0.1, 0.15) is 34.8 Å². The number of carbonyl (C=O) groups excluding carboxylic acids is 1. The van der Waals surface area contributed by atoms with Crippen molar-refractivity contribution < 1.29 is 13.6 Å². The van der Waals surface area contributed by atoms with Crippen molar-refractivity contribution in [2.24, 2.45) is 7.05 Å². The third kappa shape index (κ3) is 2.55. The zero-order chi connectivity index (χ0) is 15.0. The van der Waals surface area contributed by atoms with Crippen LogP contribution in [-0.2, 0) is 7.05 Å². The number of carbonyl (C=O) groups is 1. The van der Waals surface area contributed by atoms with Crippen molar-refractivity contribution in [3.63, 3.8) is 0 Å². The number of aromatic nitrogens is 1. The molecule has 110 valence electrons. The van der Waals surface area contributed by atoms with Crippen LogP contribution in [0.5, 0.6) is 0 Å². The molecule has 3 rings (SSSR count). The zero-order valence-corrected chi connectivity index (χ0v) is 11.6. The number of nitrogens with zero attached hydrogens (tertiary/aromatic N) is 1. The molecule has 21 heavy (non-hydrogen) atoms. The first kappa shape index (κ1) is 13.8. The van der Waals surface area contributed by atoms with Crippen LogP contribution in [0.25, 0.3) is 0 Å². The second-order valence-corrected chi connectivity index (χ2v) is 5.43. The number of nitrogens with one attached hydrogen (secondary N) is 1. The van der Waals surface area contributed by atoms with E-state index >= 15 is 0 Å². The number of hydrogen-bond donors (Lipinski definition) is 1. The molecule has 1 aliphatic carbocycles. The highest BCUT2D eigenvalue weighted by atomic mass is 19.1. The first-order valence-electron chi connectivity index (χ1n) is 6.93. The van der Waals surface area contributed by atoms with Gasteiger partial charge in [0.15, 0.2) is 0 Å². The van der Waals surface area contributed by atoms with Crippen LogP contribution in [0.2, 0.25) is 0 Å². The van der Waals surface area contributed by atoms with Crippen molar-refractivity contribution >= 4 is 5.91 Å². The minimum Gasteiger partial charge on any atom is -0.347 e. The number of aryl methyl sites for hydroxylation is 1. The quantitative estimate of drug-likeness (QED) is 0.926. The highest BCUT2D eigenvalue weighted by molar-refractivity contribution is 5.93. The molecule has 0 spiro atoms. The van der Waals surface area contributed by atoms with E-state index < -0.39 is 11.6 Å². The summed E-state index contributed by atoms with van der Waals surface area (Å²) in [5.74, 6) is -1.38. The molecule has 0 saturated heterocycles. The van der Waals surface area contributed by atoms with Gasteiger partial charge in [0.05, 0.1) is 0 Å². The van der Waals surface area contributed by atoms with Crippen LogP contribution >= 0.6 is 0 Å². The van der Waals surface area contributed by atoms with Crippen LogP contribution in [0.3, 0.4) is 0 Å². The fraction of sp³-hybridized carbons (Fsp3) is 0.312. The van der Waals surface area contributed by atoms with Crippen LogP contribution < -0.4 is 5.32 Å². The van der Waals surface area contributed by atoms with E-state index in [9.17, 15) is 13.6 Å². The van der Waals surface area contributed by atoms with E-state index in [1.807, 2.05) is 0 Å². The van der Waals surface area contributed by atoms with Gasteiger partial charge in [0.25, 0.3) is 5.91 Å². The number of rotatable bonds is 3. The van der Waals surface area contributed by atoms with E-state index in [-0.39, 0.29) is 17.9 Å². The van der Waals surface area contributed by atoms with Crippen LogP contribution in [0.4, 0.5) is 8.78 Å². The molecule has 3 nitrogen and oxygen atoms in total. The van der Waals surface area contributed by atoms with Gasteiger partial charge in [0.2, 0.25) is 0 Å². The molecule has 5 heteroatoms. The fourth-order valence-electron chi connectivity index (χ4n) is 2.79. The molecule has 1 saturated carbocycles. The van der Waals surface area contributed by atoms with Crippen molar-refractivity contribution in [2.75, 3.05) is 0 Å². The lowest BCUT2D eigenvalue weighted by Gasteiger charge is -2.37. The minimum atomic E-state index is -0.583. The number of benzene rings is 1. The van der Waals surface area contributed by atoms with Gasteiger partial charge in [0, 0.05) is 31.3 Å². The molecular formula is C16H16F2N2O. The summed E-state index contributed by atoms with van der Waals surface area (Å²) in [5.41, 5.74) is 1.04. The first-order valence-corrected chi connectivity index (χ1v) is 6.93. The molecule has 1 aromatic heterocycles. The van der Waals surface area contributed by atoms with Gasteiger partial charge in [0.1, 0.15) is 17.3 Å². The van der Waals surface area contributed by atoms with Crippen molar-refractivity contribution in [2.45, 2.75) is 24.8 Å². The van der Waals surface area contributed by atoms with Crippen molar-refractivity contribution in [3.8, 4) is 0 Å². The Hall–Kier alpha value is -2.17. The van der Waals surface area contributed by atoms with Gasteiger partial charge in [-0.3, -0.25) is 4.79 Å². The van der Waals surface area contributed by atoms with Crippen LogP contribution in [-0.4, -0.2) is 16.5 Å². The van der Waals surface area contributed by atoms with Crippen molar-refractivity contribution in [3.05, 3.63) is 59.4 Å². The van der Waals surface area contributed by atoms with Gasteiger partial charge in [-0.1, -0.05) is 6.07 Å². The zero-order valence-electron chi connectivity index (χ0n) is 11.6. The van der Waals surface area contributed by atoms with Crippen LogP contribution in [0.15, 0.2) is 36.5 Å². The van der Waals surface area contributed by atoms with Gasteiger partial charge in [-0.05, 0) is 36.6 Å². The molecular weight excluding hydrogens is 274 g/mol. The minimum absolute atomic E-state index is 0.0881. The second-order valence-electron chi connectivity index (χ2n) is 5.43. The third-order valence-corrected chi connectivity index (χ3v) is 4.13. The Morgan fingerprint density at radius 2 is 2.10 bits per heavy atom. The normalized spacial score (nSPS) is 20.9. The standard InChI is InChI=1S/C16H16F2N2O/c1-20-8-2-3-15(20)16(21)19-14-7-6-12(14)11-5-4-10(17)9-13(11)18/h2-5,8-9,12,14H,6-7H2,1H3,(H,19,21)/t12-,14-/m0/s1. The lowest BCUT2D eigenvalue weighted by molar-refractivity contribution is 0.0895. The first-order chi connectivity index (χ1) is 10.1. The molecule has 1 N–H and O–H groups in total. The molecule has 2 aromatic rings. The third-order valence-electron chi connectivity index (χ3n) is 4.13. The average molecular weight is 290 g/mol. The van der Waals surface area contributed by atoms with Gasteiger partial charge in [-0.2, -0.15) is 0 Å². The van der Waals surface area contributed by atoms with Gasteiger partial charge >= 0.3 is 0 Å². The van der Waals surface area contributed by atoms with Crippen molar-refractivity contribution in [1.29, 1.82) is 0 Å². The van der Waals surface area contributed by atoms with Gasteiger partial charge in [-0.25, -0.2) is 8.78 Å². The Labute approximate surface area is 121 Å². The molecule has 1 amide bonds. The van der Waals surface area contributed by atoms with Crippen molar-refractivity contribution in [1.82, 2.24) is 9.88 Å². The summed E-state index contributed by atoms with van der Waals surface area (Å²) in [5, 5.41) is 2.93. The summed E-state index contributed by atoms with van der Waals surface area (Å²) in [6.45, 7) is 0. The molecule has 2 atom stereocenters. The summed E-state index contributed by atoms with van der Waals surface area (Å²) in [6.07, 6.45) is 3.39. The maximum absolute atomic E-state index is 13.8. The Morgan fingerprint density at radius 1 is 1.29 bits per heavy atom. The van der Waals surface area contributed by atoms with E-state index in [1.165, 1.54) is 12.1 Å². The monoisotopic (exact) mass is 290 g/mol. The summed E-state index contributed by atoms with van der Waals surface area (Å²) in [7, 11) is 1.80. The SMILES string of the molecule is Cn1cccc1C(=O)N[C@H]1CC[C@H]1c1ccc(F)cc1F. The number of halogens is 2. The second kappa shape index (κ2) is 5.31. The Bertz CT molecular complexity index is 681. The maximum atomic E-state index is 13.8. The van der Waals surface area contributed by atoms with E-state index in [1.54, 1.807) is 29.9 Å². The lowest BCUT2D eigenvalue weighted by atomic mass is 9.74. The molecule has 1 heterocycles. The van der Waals surface area contributed by atoms with E-state index in [0.717, 1.165) is 18.9 Å². The Balaban J connectivity index is 1.73. The predicted molar refractivity (Wildman–Crippen MR) is 75.0 cm³/mol. The van der Waals surface area contributed by atoms with E-state index in [2.05, 4.69) is 5.32 Å². The largest absolute Gasteiger partial charge is 0.347 e. The molecule has 1 aliphatic rings. The topological polar surface area (TPSA) is 34.0 Å². The van der Waals surface area contributed by atoms with Gasteiger partial charge < -0.3 is 9.88 Å². The molecule has 0 radical (unpaired) electrons. The number of amides is 1. The highest BCUT2D eigenvalue weighted by Gasteiger charge is 2.35. The Kier molecular flexibility index (Phi) is 3.49. The summed E-state index contributed by atoms with van der Waals surface area (Å²) >= 11 is 0. The van der Waals surface area contributed by atoms with E-state index in [4.69, 9.17) is 0 Å². The number of hydrogen-bond acceptors (Lipinski definition) is 1. The summed E-state index contributed by atoms with van der Waals surface area (Å²) in [4.78, 5) is 12.2. The molecule has 0 unspecified atom stereocenters. The molecule has 1 fully saturated rings. The lowest BCUT2D eigenvalue weighted by Crippen LogP contribution is -2.46.